The van der Waals surface area contributed by atoms with E-state index >= 15 is 0 Å². The van der Waals surface area contributed by atoms with E-state index in [2.05, 4.69) is 10.1 Å². The van der Waals surface area contributed by atoms with E-state index in [-0.39, 0.29) is 25.2 Å². The van der Waals surface area contributed by atoms with Gasteiger partial charge in [-0.05, 0) is 6.42 Å². The number of amides is 1. The minimum absolute atomic E-state index is 0.0303. The van der Waals surface area contributed by atoms with Gasteiger partial charge in [-0.2, -0.15) is 0 Å². The lowest BCUT2D eigenvalue weighted by atomic mass is 10.1. The van der Waals surface area contributed by atoms with Crippen molar-refractivity contribution in [3.8, 4) is 0 Å². The molecule has 0 aliphatic heterocycles. The van der Waals surface area contributed by atoms with E-state index < -0.39 is 18.0 Å². The first-order valence-corrected chi connectivity index (χ1v) is 4.60. The summed E-state index contributed by atoms with van der Waals surface area (Å²) in [5.74, 6) is -2.00. The zero-order chi connectivity index (χ0) is 11.8. The molecule has 2 N–H and O–H groups in total. The number of carbonyl (C=O) groups excluding carboxylic acids is 2. The summed E-state index contributed by atoms with van der Waals surface area (Å²) in [7, 11) is 1.22. The Morgan fingerprint density at radius 2 is 2.00 bits per heavy atom. The average molecular weight is 217 g/mol. The van der Waals surface area contributed by atoms with Crippen LogP contribution in [0.2, 0.25) is 0 Å². The van der Waals surface area contributed by atoms with Crippen LogP contribution in [0.5, 0.6) is 0 Å². The van der Waals surface area contributed by atoms with Crippen LogP contribution < -0.4 is 5.32 Å². The van der Waals surface area contributed by atoms with Gasteiger partial charge in [-0.3, -0.25) is 9.59 Å². The zero-order valence-electron chi connectivity index (χ0n) is 8.78. The van der Waals surface area contributed by atoms with Crippen LogP contribution >= 0.6 is 0 Å². The van der Waals surface area contributed by atoms with Gasteiger partial charge >= 0.3 is 11.9 Å². The van der Waals surface area contributed by atoms with Crippen molar-refractivity contribution in [2.24, 2.45) is 0 Å². The number of carboxylic acids is 1. The third-order valence-corrected chi connectivity index (χ3v) is 1.82. The Balaban J connectivity index is 4.11. The molecule has 0 aliphatic rings. The second-order valence-corrected chi connectivity index (χ2v) is 2.93. The van der Waals surface area contributed by atoms with Crippen molar-refractivity contribution in [1.82, 2.24) is 5.32 Å². The van der Waals surface area contributed by atoms with E-state index in [1.165, 1.54) is 7.11 Å². The Hall–Kier alpha value is -1.59. The molecule has 0 saturated carbocycles. The number of hydrogen-bond acceptors (Lipinski definition) is 4. The average Bonchev–Trinajstić information content (AvgIpc) is 2.22. The minimum Gasteiger partial charge on any atom is -0.480 e. The molecule has 0 aromatic carbocycles. The molecule has 0 aliphatic carbocycles. The molecule has 0 bridgehead atoms. The number of carbonyl (C=O) groups is 3. The number of ether oxygens (including phenoxy) is 1. The molecule has 0 rings (SSSR count). The summed E-state index contributed by atoms with van der Waals surface area (Å²) in [6.07, 6.45) is 0.215. The number of nitrogens with one attached hydrogen (secondary N) is 1. The van der Waals surface area contributed by atoms with Gasteiger partial charge in [-0.1, -0.05) is 6.92 Å². The molecule has 0 heterocycles. The summed E-state index contributed by atoms with van der Waals surface area (Å²) in [4.78, 5) is 32.4. The Kier molecular flexibility index (Phi) is 6.08. The molecule has 1 atom stereocenters. The van der Waals surface area contributed by atoms with Gasteiger partial charge in [0.15, 0.2) is 0 Å². The first-order chi connectivity index (χ1) is 7.01. The third kappa shape index (κ3) is 5.66. The van der Waals surface area contributed by atoms with Gasteiger partial charge in [0.1, 0.15) is 6.04 Å². The molecule has 0 spiro atoms. The van der Waals surface area contributed by atoms with Crippen molar-refractivity contribution in [2.75, 3.05) is 7.11 Å². The molecule has 0 unspecified atom stereocenters. The van der Waals surface area contributed by atoms with Crippen LogP contribution in [0.15, 0.2) is 0 Å². The summed E-state index contributed by atoms with van der Waals surface area (Å²) in [6, 6.07) is -1.03. The van der Waals surface area contributed by atoms with E-state index in [4.69, 9.17) is 5.11 Å². The van der Waals surface area contributed by atoms with E-state index in [9.17, 15) is 14.4 Å². The molecule has 6 nitrogen and oxygen atoms in total. The SMILES string of the molecule is CCC(=O)N[C@@H](CCC(=O)OC)C(=O)O. The highest BCUT2D eigenvalue weighted by Crippen LogP contribution is 2.00. The van der Waals surface area contributed by atoms with Crippen LogP contribution in [-0.4, -0.2) is 36.1 Å². The minimum atomic E-state index is -1.15. The predicted molar refractivity (Wildman–Crippen MR) is 51.1 cm³/mol. The maximum Gasteiger partial charge on any atom is 0.326 e. The van der Waals surface area contributed by atoms with Crippen LogP contribution in [0.1, 0.15) is 26.2 Å². The highest BCUT2D eigenvalue weighted by atomic mass is 16.5. The fraction of sp³-hybridized carbons (Fsp3) is 0.667. The summed E-state index contributed by atoms with van der Waals surface area (Å²) in [6.45, 7) is 1.62. The standard InChI is InChI=1S/C9H15NO5/c1-3-7(11)10-6(9(13)14)4-5-8(12)15-2/h6H,3-5H2,1-2H3,(H,10,11)(H,13,14)/t6-/m0/s1. The van der Waals surface area contributed by atoms with Crippen LogP contribution in [0.4, 0.5) is 0 Å². The monoisotopic (exact) mass is 217 g/mol. The topological polar surface area (TPSA) is 92.7 Å². The maximum atomic E-state index is 11.0. The van der Waals surface area contributed by atoms with Gasteiger partial charge in [0.25, 0.3) is 0 Å². The van der Waals surface area contributed by atoms with Gasteiger partial charge in [0.05, 0.1) is 7.11 Å². The molecule has 0 aromatic rings. The third-order valence-electron chi connectivity index (χ3n) is 1.82. The Bertz CT molecular complexity index is 251. The molecule has 0 fully saturated rings. The Morgan fingerprint density at radius 3 is 2.40 bits per heavy atom. The molecule has 0 radical (unpaired) electrons. The van der Waals surface area contributed by atoms with Gasteiger partial charge in [-0.15, -0.1) is 0 Å². The first-order valence-electron chi connectivity index (χ1n) is 4.60. The molecule has 86 valence electrons. The number of carboxylic acid groups (broad SMARTS) is 1. The van der Waals surface area contributed by atoms with Crippen molar-refractivity contribution in [1.29, 1.82) is 0 Å². The van der Waals surface area contributed by atoms with Gasteiger partial charge in [-0.25, -0.2) is 4.79 Å². The second kappa shape index (κ2) is 6.80. The summed E-state index contributed by atoms with van der Waals surface area (Å²) >= 11 is 0. The fourth-order valence-electron chi connectivity index (χ4n) is 0.918. The van der Waals surface area contributed by atoms with Crippen LogP contribution in [0.25, 0.3) is 0 Å². The van der Waals surface area contributed by atoms with Crippen molar-refractivity contribution >= 4 is 17.8 Å². The smallest absolute Gasteiger partial charge is 0.326 e. The number of rotatable bonds is 6. The van der Waals surface area contributed by atoms with Crippen molar-refractivity contribution in [2.45, 2.75) is 32.2 Å². The number of esters is 1. The van der Waals surface area contributed by atoms with Gasteiger partial charge in [0.2, 0.25) is 5.91 Å². The van der Waals surface area contributed by atoms with Crippen LogP contribution in [-0.2, 0) is 19.1 Å². The first kappa shape index (κ1) is 13.4. The Morgan fingerprint density at radius 1 is 1.40 bits per heavy atom. The normalized spacial score (nSPS) is 11.6. The molecular weight excluding hydrogens is 202 g/mol. The quantitative estimate of drug-likeness (QED) is 0.607. The molecule has 0 aromatic heterocycles. The molecule has 15 heavy (non-hydrogen) atoms. The molecule has 0 saturated heterocycles. The van der Waals surface area contributed by atoms with Gasteiger partial charge < -0.3 is 15.2 Å². The van der Waals surface area contributed by atoms with E-state index in [1.807, 2.05) is 0 Å². The van der Waals surface area contributed by atoms with E-state index in [1.54, 1.807) is 6.92 Å². The highest BCUT2D eigenvalue weighted by Gasteiger charge is 2.20. The molecule has 1 amide bonds. The maximum absolute atomic E-state index is 11.0. The number of methoxy groups -OCH3 is 1. The lowest BCUT2D eigenvalue weighted by Gasteiger charge is -2.12. The summed E-state index contributed by atoms with van der Waals surface area (Å²) in [5, 5.41) is 11.0. The number of aliphatic carboxylic acids is 1. The van der Waals surface area contributed by atoms with Crippen molar-refractivity contribution in [3.05, 3.63) is 0 Å². The summed E-state index contributed by atoms with van der Waals surface area (Å²) < 4.78 is 4.37. The number of hydrogen-bond donors (Lipinski definition) is 2. The van der Waals surface area contributed by atoms with E-state index in [0.29, 0.717) is 0 Å². The van der Waals surface area contributed by atoms with Crippen LogP contribution in [0, 0.1) is 0 Å². The molecular formula is C9H15NO5. The van der Waals surface area contributed by atoms with Gasteiger partial charge in [0, 0.05) is 12.8 Å². The summed E-state index contributed by atoms with van der Waals surface area (Å²) in [5.41, 5.74) is 0. The zero-order valence-corrected chi connectivity index (χ0v) is 8.78. The lowest BCUT2D eigenvalue weighted by Crippen LogP contribution is -2.40. The molecule has 6 heteroatoms. The predicted octanol–water partition coefficient (Wildman–Crippen LogP) is -0.0810. The van der Waals surface area contributed by atoms with E-state index in [0.717, 1.165) is 0 Å². The van der Waals surface area contributed by atoms with Crippen LogP contribution in [0.3, 0.4) is 0 Å². The van der Waals surface area contributed by atoms with Crippen molar-refractivity contribution in [3.63, 3.8) is 0 Å². The second-order valence-electron chi connectivity index (χ2n) is 2.93. The van der Waals surface area contributed by atoms with Crippen molar-refractivity contribution < 1.29 is 24.2 Å². The Labute approximate surface area is 87.6 Å². The highest BCUT2D eigenvalue weighted by molar-refractivity contribution is 5.83. The largest absolute Gasteiger partial charge is 0.480 e. The fourth-order valence-corrected chi connectivity index (χ4v) is 0.918. The lowest BCUT2D eigenvalue weighted by molar-refractivity contribution is -0.144.